The summed E-state index contributed by atoms with van der Waals surface area (Å²) in [5, 5.41) is 0. The van der Waals surface area contributed by atoms with E-state index in [4.69, 9.17) is 4.74 Å². The third-order valence-corrected chi connectivity index (χ3v) is 5.10. The van der Waals surface area contributed by atoms with Gasteiger partial charge in [0.15, 0.2) is 0 Å². The van der Waals surface area contributed by atoms with Crippen molar-refractivity contribution in [1.29, 1.82) is 0 Å². The first-order valence-electron chi connectivity index (χ1n) is 8.04. The Morgan fingerprint density at radius 2 is 1.95 bits per heavy atom. The summed E-state index contributed by atoms with van der Waals surface area (Å²) in [7, 11) is 0. The zero-order valence-electron chi connectivity index (χ0n) is 12.9. The molecule has 1 aromatic carbocycles. The monoisotopic (exact) mass is 284 g/mol. The minimum atomic E-state index is -0.261. The van der Waals surface area contributed by atoms with E-state index in [1.54, 1.807) is 6.92 Å². The number of rotatable bonds is 2. The van der Waals surface area contributed by atoms with E-state index in [0.717, 1.165) is 12.8 Å². The summed E-state index contributed by atoms with van der Waals surface area (Å²) >= 11 is 0. The van der Waals surface area contributed by atoms with Gasteiger partial charge in [-0.2, -0.15) is 0 Å². The minimum Gasteiger partial charge on any atom is -0.454 e. The smallest absolute Gasteiger partial charge is 0.333 e. The molecule has 1 fully saturated rings. The molecule has 0 heterocycles. The van der Waals surface area contributed by atoms with Crippen LogP contribution in [-0.2, 0) is 16.0 Å². The fourth-order valence-electron chi connectivity index (χ4n) is 4.01. The van der Waals surface area contributed by atoms with Crippen LogP contribution in [0.1, 0.15) is 62.7 Å². The van der Waals surface area contributed by atoms with Crippen molar-refractivity contribution in [3.63, 3.8) is 0 Å². The molecule has 1 saturated carbocycles. The fraction of sp³-hybridized carbons (Fsp3) is 0.526. The molecule has 1 atom stereocenters. The quantitative estimate of drug-likeness (QED) is 0.579. The van der Waals surface area contributed by atoms with Gasteiger partial charge >= 0.3 is 5.97 Å². The standard InChI is InChI=1S/C19H24O2/c1-14(2)18(20)21-17-13-19(10-6-3-7-11-19)12-15-8-4-5-9-16(15)17/h4-5,8-9,17H,1,3,6-7,10-13H2,2H3. The van der Waals surface area contributed by atoms with Crippen LogP contribution in [0.25, 0.3) is 0 Å². The van der Waals surface area contributed by atoms with Crippen LogP contribution in [0.2, 0.25) is 0 Å². The number of benzene rings is 1. The summed E-state index contributed by atoms with van der Waals surface area (Å²) in [6.45, 7) is 5.42. The average molecular weight is 284 g/mol. The zero-order valence-corrected chi connectivity index (χ0v) is 12.9. The molecule has 21 heavy (non-hydrogen) atoms. The lowest BCUT2D eigenvalue weighted by atomic mass is 9.63. The van der Waals surface area contributed by atoms with Crippen molar-refractivity contribution in [3.8, 4) is 0 Å². The molecule has 112 valence electrons. The summed E-state index contributed by atoms with van der Waals surface area (Å²) in [6, 6.07) is 8.45. The highest BCUT2D eigenvalue weighted by atomic mass is 16.5. The van der Waals surface area contributed by atoms with Crippen molar-refractivity contribution < 1.29 is 9.53 Å². The zero-order chi connectivity index (χ0) is 14.9. The molecular weight excluding hydrogens is 260 g/mol. The molecule has 0 saturated heterocycles. The van der Waals surface area contributed by atoms with E-state index in [-0.39, 0.29) is 12.1 Å². The van der Waals surface area contributed by atoms with E-state index >= 15 is 0 Å². The normalized spacial score (nSPS) is 23.4. The highest BCUT2D eigenvalue weighted by Gasteiger charge is 2.41. The molecular formula is C19H24O2. The van der Waals surface area contributed by atoms with Crippen LogP contribution in [0.5, 0.6) is 0 Å². The second kappa shape index (κ2) is 5.67. The first kappa shape index (κ1) is 14.4. The predicted octanol–water partition coefficient (Wildman–Crippen LogP) is 4.74. The van der Waals surface area contributed by atoms with Crippen molar-refractivity contribution in [2.45, 2.75) is 58.0 Å². The van der Waals surface area contributed by atoms with Crippen LogP contribution >= 0.6 is 0 Å². The number of carbonyl (C=O) groups is 1. The lowest BCUT2D eigenvalue weighted by Gasteiger charge is -2.44. The van der Waals surface area contributed by atoms with E-state index in [9.17, 15) is 4.79 Å². The summed E-state index contributed by atoms with van der Waals surface area (Å²) in [4.78, 5) is 12.0. The Morgan fingerprint density at radius 1 is 1.24 bits per heavy atom. The third-order valence-electron chi connectivity index (χ3n) is 5.10. The molecule has 0 aliphatic heterocycles. The minimum absolute atomic E-state index is 0.0998. The molecule has 2 heteroatoms. The average Bonchev–Trinajstić information content (AvgIpc) is 2.47. The molecule has 1 aromatic rings. The maximum absolute atomic E-state index is 12.0. The third kappa shape index (κ3) is 2.90. The maximum Gasteiger partial charge on any atom is 0.333 e. The topological polar surface area (TPSA) is 26.3 Å². The van der Waals surface area contributed by atoms with Gasteiger partial charge in [-0.05, 0) is 49.1 Å². The number of hydrogen-bond acceptors (Lipinski definition) is 2. The summed E-state index contributed by atoms with van der Waals surface area (Å²) < 4.78 is 5.77. The second-order valence-corrected chi connectivity index (χ2v) is 6.81. The largest absolute Gasteiger partial charge is 0.454 e. The first-order valence-corrected chi connectivity index (χ1v) is 8.04. The van der Waals surface area contributed by atoms with Gasteiger partial charge in [0, 0.05) is 5.57 Å². The molecule has 2 nitrogen and oxygen atoms in total. The predicted molar refractivity (Wildman–Crippen MR) is 83.9 cm³/mol. The fourth-order valence-corrected chi connectivity index (χ4v) is 4.01. The summed E-state index contributed by atoms with van der Waals surface area (Å²) in [5.74, 6) is -0.261. The van der Waals surface area contributed by atoms with E-state index in [1.165, 1.54) is 43.2 Å². The molecule has 0 N–H and O–H groups in total. The Kier molecular flexibility index (Phi) is 3.88. The van der Waals surface area contributed by atoms with E-state index in [0.29, 0.717) is 11.0 Å². The van der Waals surface area contributed by atoms with Crippen LogP contribution in [0, 0.1) is 5.41 Å². The van der Waals surface area contributed by atoms with Crippen molar-refractivity contribution in [3.05, 3.63) is 47.5 Å². The van der Waals surface area contributed by atoms with Gasteiger partial charge in [-0.15, -0.1) is 0 Å². The van der Waals surface area contributed by atoms with E-state index < -0.39 is 0 Å². The Labute approximate surface area is 127 Å². The van der Waals surface area contributed by atoms with Crippen molar-refractivity contribution in [2.24, 2.45) is 5.41 Å². The van der Waals surface area contributed by atoms with E-state index in [1.807, 2.05) is 6.07 Å². The molecule has 2 aliphatic carbocycles. The lowest BCUT2D eigenvalue weighted by molar-refractivity contribution is -0.147. The van der Waals surface area contributed by atoms with Gasteiger partial charge in [-0.1, -0.05) is 50.1 Å². The van der Waals surface area contributed by atoms with Gasteiger partial charge in [0.25, 0.3) is 0 Å². The Hall–Kier alpha value is -1.57. The van der Waals surface area contributed by atoms with Crippen molar-refractivity contribution in [1.82, 2.24) is 0 Å². The maximum atomic E-state index is 12.0. The van der Waals surface area contributed by atoms with Crippen LogP contribution in [0.4, 0.5) is 0 Å². The van der Waals surface area contributed by atoms with Gasteiger partial charge in [-0.25, -0.2) is 4.79 Å². The molecule has 1 unspecified atom stereocenters. The number of esters is 1. The number of hydrogen-bond donors (Lipinski definition) is 0. The van der Waals surface area contributed by atoms with Gasteiger partial charge in [0.1, 0.15) is 6.10 Å². The van der Waals surface area contributed by atoms with Gasteiger partial charge in [-0.3, -0.25) is 0 Å². The Bertz CT molecular complexity index is 552. The molecule has 0 radical (unpaired) electrons. The summed E-state index contributed by atoms with van der Waals surface area (Å²) in [6.07, 6.45) is 8.52. The van der Waals surface area contributed by atoms with Crippen LogP contribution in [-0.4, -0.2) is 5.97 Å². The van der Waals surface area contributed by atoms with Crippen LogP contribution < -0.4 is 0 Å². The first-order chi connectivity index (χ1) is 10.1. The Balaban J connectivity index is 1.90. The van der Waals surface area contributed by atoms with Gasteiger partial charge < -0.3 is 4.74 Å². The molecule has 0 amide bonds. The van der Waals surface area contributed by atoms with Gasteiger partial charge in [0.05, 0.1) is 0 Å². The van der Waals surface area contributed by atoms with Crippen LogP contribution in [0.15, 0.2) is 36.4 Å². The van der Waals surface area contributed by atoms with Crippen molar-refractivity contribution >= 4 is 5.97 Å². The Morgan fingerprint density at radius 3 is 2.67 bits per heavy atom. The molecule has 3 rings (SSSR count). The van der Waals surface area contributed by atoms with Crippen molar-refractivity contribution in [2.75, 3.05) is 0 Å². The molecule has 0 aromatic heterocycles. The highest BCUT2D eigenvalue weighted by Crippen LogP contribution is 2.50. The highest BCUT2D eigenvalue weighted by molar-refractivity contribution is 5.87. The molecule has 1 spiro atoms. The van der Waals surface area contributed by atoms with Crippen LogP contribution in [0.3, 0.4) is 0 Å². The lowest BCUT2D eigenvalue weighted by Crippen LogP contribution is -2.34. The SMILES string of the molecule is C=C(C)C(=O)OC1CC2(CCCCC2)Cc2ccccc21. The number of ether oxygens (including phenoxy) is 1. The second-order valence-electron chi connectivity index (χ2n) is 6.81. The molecule has 0 bridgehead atoms. The van der Waals surface area contributed by atoms with E-state index in [2.05, 4.69) is 24.8 Å². The molecule has 2 aliphatic rings. The summed E-state index contributed by atoms with van der Waals surface area (Å²) in [5.41, 5.74) is 3.39. The number of fused-ring (bicyclic) bond motifs is 1. The number of carbonyl (C=O) groups excluding carboxylic acids is 1. The van der Waals surface area contributed by atoms with Gasteiger partial charge in [0.2, 0.25) is 0 Å².